The minimum absolute atomic E-state index is 0.259. The second-order valence-electron chi connectivity index (χ2n) is 9.09. The van der Waals surface area contributed by atoms with E-state index in [9.17, 15) is 9.59 Å². The quantitative estimate of drug-likeness (QED) is 0.214. The maximum absolute atomic E-state index is 11.7. The zero-order chi connectivity index (χ0) is 27.7. The van der Waals surface area contributed by atoms with E-state index in [-0.39, 0.29) is 18.6 Å². The lowest BCUT2D eigenvalue weighted by Crippen LogP contribution is -2.36. The van der Waals surface area contributed by atoms with E-state index < -0.39 is 11.8 Å². The molecule has 1 heterocycles. The van der Waals surface area contributed by atoms with E-state index in [1.165, 1.54) is 24.2 Å². The van der Waals surface area contributed by atoms with Crippen LogP contribution >= 0.6 is 0 Å². The average Bonchev–Trinajstić information content (AvgIpc) is 3.47. The standard InChI is InChI=1S/C31H34N2O6/c1-32-29(35)19-20-33(22-34)30-18-17-28(39-30)21-38-31(23-7-5-4-6-8-23,24-9-13-26(36-2)14-10-24)25-11-15-27(37-3)16-12-25/h4-16,19-20,22,28,30H,17-18,21H2,1-3H3,(H,32,35)/b20-19-. The fourth-order valence-electron chi connectivity index (χ4n) is 4.76. The van der Waals surface area contributed by atoms with Gasteiger partial charge in [0.25, 0.3) is 0 Å². The third-order valence-electron chi connectivity index (χ3n) is 6.84. The first kappa shape index (κ1) is 27.9. The summed E-state index contributed by atoms with van der Waals surface area (Å²) in [4.78, 5) is 24.6. The SMILES string of the molecule is CNC(=O)/C=C\N(C=O)C1CCC(COC(c2ccccc2)(c2ccc(OC)cc2)c2ccc(OC)cc2)O1. The number of hydrogen-bond acceptors (Lipinski definition) is 6. The molecule has 1 N–H and O–H groups in total. The van der Waals surface area contributed by atoms with Gasteiger partial charge in [-0.3, -0.25) is 14.5 Å². The van der Waals surface area contributed by atoms with Crippen molar-refractivity contribution in [2.24, 2.45) is 0 Å². The lowest BCUT2D eigenvalue weighted by atomic mass is 9.80. The second-order valence-corrected chi connectivity index (χ2v) is 9.09. The number of carbonyl (C=O) groups is 2. The lowest BCUT2D eigenvalue weighted by Gasteiger charge is -2.37. The molecule has 4 rings (SSSR count). The molecular weight excluding hydrogens is 496 g/mol. The number of benzene rings is 3. The fourth-order valence-corrected chi connectivity index (χ4v) is 4.76. The highest BCUT2D eigenvalue weighted by atomic mass is 16.6. The van der Waals surface area contributed by atoms with Crippen LogP contribution in [0.3, 0.4) is 0 Å². The van der Waals surface area contributed by atoms with Gasteiger partial charge >= 0.3 is 0 Å². The molecule has 2 atom stereocenters. The Balaban J connectivity index is 1.67. The van der Waals surface area contributed by atoms with Crippen molar-refractivity contribution in [1.82, 2.24) is 10.2 Å². The Bertz CT molecular complexity index is 1200. The van der Waals surface area contributed by atoms with Gasteiger partial charge in [-0.15, -0.1) is 0 Å². The third kappa shape index (κ3) is 6.30. The molecular formula is C31H34N2O6. The topological polar surface area (TPSA) is 86.3 Å². The Morgan fingerprint density at radius 1 is 0.923 bits per heavy atom. The van der Waals surface area contributed by atoms with E-state index in [0.29, 0.717) is 19.3 Å². The Morgan fingerprint density at radius 2 is 1.49 bits per heavy atom. The Hall–Kier alpha value is -4.14. The lowest BCUT2D eigenvalue weighted by molar-refractivity contribution is -0.130. The summed E-state index contributed by atoms with van der Waals surface area (Å²) in [6.07, 6.45) is 3.97. The molecule has 39 heavy (non-hydrogen) atoms. The number of likely N-dealkylation sites (N-methyl/N-ethyl adjacent to an activating group) is 1. The van der Waals surface area contributed by atoms with Crippen LogP contribution < -0.4 is 14.8 Å². The van der Waals surface area contributed by atoms with Crippen molar-refractivity contribution >= 4 is 12.3 Å². The summed E-state index contributed by atoms with van der Waals surface area (Å²) in [5.74, 6) is 1.19. The molecule has 0 aliphatic carbocycles. The van der Waals surface area contributed by atoms with Gasteiger partial charge in [-0.1, -0.05) is 54.6 Å². The molecule has 8 heteroatoms. The van der Waals surface area contributed by atoms with E-state index in [4.69, 9.17) is 18.9 Å². The van der Waals surface area contributed by atoms with E-state index in [2.05, 4.69) is 5.32 Å². The zero-order valence-electron chi connectivity index (χ0n) is 22.4. The highest BCUT2D eigenvalue weighted by Gasteiger charge is 2.40. The Morgan fingerprint density at radius 3 is 2.00 bits per heavy atom. The molecule has 1 saturated heterocycles. The van der Waals surface area contributed by atoms with Gasteiger partial charge in [-0.25, -0.2) is 0 Å². The van der Waals surface area contributed by atoms with Crippen LogP contribution in [0.1, 0.15) is 29.5 Å². The first-order chi connectivity index (χ1) is 19.0. The molecule has 0 radical (unpaired) electrons. The van der Waals surface area contributed by atoms with Gasteiger partial charge in [0.1, 0.15) is 23.3 Å². The highest BCUT2D eigenvalue weighted by molar-refractivity contribution is 5.87. The van der Waals surface area contributed by atoms with Crippen LogP contribution in [0.2, 0.25) is 0 Å². The smallest absolute Gasteiger partial charge is 0.245 e. The minimum Gasteiger partial charge on any atom is -0.497 e. The Labute approximate surface area is 229 Å². The molecule has 0 bridgehead atoms. The van der Waals surface area contributed by atoms with Crippen LogP contribution in [-0.2, 0) is 24.7 Å². The predicted molar refractivity (Wildman–Crippen MR) is 147 cm³/mol. The van der Waals surface area contributed by atoms with Crippen molar-refractivity contribution in [2.75, 3.05) is 27.9 Å². The number of ether oxygens (including phenoxy) is 4. The average molecular weight is 531 g/mol. The van der Waals surface area contributed by atoms with Crippen LogP contribution in [-0.4, -0.2) is 57.4 Å². The molecule has 2 amide bonds. The summed E-state index contributed by atoms with van der Waals surface area (Å²) in [5, 5.41) is 2.50. The number of rotatable bonds is 12. The van der Waals surface area contributed by atoms with Crippen molar-refractivity contribution in [3.63, 3.8) is 0 Å². The van der Waals surface area contributed by atoms with Crippen LogP contribution in [0, 0.1) is 0 Å². The number of amides is 2. The van der Waals surface area contributed by atoms with Crippen molar-refractivity contribution < 1.29 is 28.5 Å². The van der Waals surface area contributed by atoms with Crippen molar-refractivity contribution in [2.45, 2.75) is 30.8 Å². The minimum atomic E-state index is -0.954. The summed E-state index contributed by atoms with van der Waals surface area (Å²) < 4.78 is 23.9. The first-order valence-corrected chi connectivity index (χ1v) is 12.8. The maximum atomic E-state index is 11.7. The molecule has 204 valence electrons. The molecule has 0 aromatic heterocycles. The van der Waals surface area contributed by atoms with Crippen LogP contribution in [0.4, 0.5) is 0 Å². The van der Waals surface area contributed by atoms with Crippen LogP contribution in [0.25, 0.3) is 0 Å². The predicted octanol–water partition coefficient (Wildman–Crippen LogP) is 4.24. The summed E-state index contributed by atoms with van der Waals surface area (Å²) in [5.41, 5.74) is 1.86. The molecule has 1 aliphatic rings. The number of methoxy groups -OCH3 is 2. The van der Waals surface area contributed by atoms with Gasteiger partial charge in [0.05, 0.1) is 26.9 Å². The van der Waals surface area contributed by atoms with Gasteiger partial charge in [-0.05, 0) is 53.8 Å². The van der Waals surface area contributed by atoms with E-state index in [1.807, 2.05) is 78.9 Å². The monoisotopic (exact) mass is 530 g/mol. The molecule has 2 unspecified atom stereocenters. The summed E-state index contributed by atoms with van der Waals surface area (Å²) in [6.45, 7) is 0.273. The summed E-state index contributed by atoms with van der Waals surface area (Å²) >= 11 is 0. The second kappa shape index (κ2) is 13.1. The Kier molecular flexibility index (Phi) is 9.35. The van der Waals surface area contributed by atoms with E-state index >= 15 is 0 Å². The maximum Gasteiger partial charge on any atom is 0.245 e. The van der Waals surface area contributed by atoms with Gasteiger partial charge in [0.15, 0.2) is 0 Å². The fraction of sp³-hybridized carbons (Fsp3) is 0.290. The molecule has 0 saturated carbocycles. The third-order valence-corrected chi connectivity index (χ3v) is 6.84. The zero-order valence-corrected chi connectivity index (χ0v) is 22.4. The number of nitrogens with one attached hydrogen (secondary N) is 1. The van der Waals surface area contributed by atoms with Crippen LogP contribution in [0.15, 0.2) is 91.1 Å². The molecule has 8 nitrogen and oxygen atoms in total. The van der Waals surface area contributed by atoms with Gasteiger partial charge in [-0.2, -0.15) is 0 Å². The molecule has 1 aliphatic heterocycles. The van der Waals surface area contributed by atoms with Crippen molar-refractivity contribution in [3.8, 4) is 11.5 Å². The van der Waals surface area contributed by atoms with E-state index in [1.54, 1.807) is 14.2 Å². The summed E-state index contributed by atoms with van der Waals surface area (Å²) in [6, 6.07) is 25.7. The van der Waals surface area contributed by atoms with Crippen LogP contribution in [0.5, 0.6) is 11.5 Å². The molecule has 3 aromatic rings. The number of nitrogens with zero attached hydrogens (tertiary/aromatic N) is 1. The molecule has 3 aromatic carbocycles. The molecule has 1 fully saturated rings. The van der Waals surface area contributed by atoms with Crippen molar-refractivity contribution in [1.29, 1.82) is 0 Å². The largest absolute Gasteiger partial charge is 0.497 e. The number of hydrogen-bond donors (Lipinski definition) is 1. The van der Waals surface area contributed by atoms with Gasteiger partial charge in [0, 0.05) is 19.3 Å². The molecule has 0 spiro atoms. The first-order valence-electron chi connectivity index (χ1n) is 12.8. The van der Waals surface area contributed by atoms with Gasteiger partial charge < -0.3 is 24.3 Å². The van der Waals surface area contributed by atoms with Crippen molar-refractivity contribution in [3.05, 3.63) is 108 Å². The highest BCUT2D eigenvalue weighted by Crippen LogP contribution is 2.42. The van der Waals surface area contributed by atoms with Gasteiger partial charge in [0.2, 0.25) is 12.3 Å². The normalized spacial score (nSPS) is 17.1. The number of carbonyl (C=O) groups excluding carboxylic acids is 2. The van der Waals surface area contributed by atoms with E-state index in [0.717, 1.165) is 28.2 Å². The summed E-state index contributed by atoms with van der Waals surface area (Å²) in [7, 11) is 4.81.